The maximum absolute atomic E-state index is 13.1. The summed E-state index contributed by atoms with van der Waals surface area (Å²) in [6.45, 7) is 0.534. The molecule has 1 aliphatic carbocycles. The van der Waals surface area contributed by atoms with Crippen molar-refractivity contribution in [3.05, 3.63) is 60.2 Å². The summed E-state index contributed by atoms with van der Waals surface area (Å²) in [5, 5.41) is 1.07. The van der Waals surface area contributed by atoms with E-state index < -0.39 is 0 Å². The summed E-state index contributed by atoms with van der Waals surface area (Å²) >= 11 is 0. The molecule has 3 aromatic rings. The van der Waals surface area contributed by atoms with Crippen molar-refractivity contribution in [1.29, 1.82) is 0 Å². The normalized spacial score (nSPS) is 15.3. The minimum atomic E-state index is 0.0597. The molecule has 0 saturated heterocycles. The van der Waals surface area contributed by atoms with Gasteiger partial charge in [-0.05, 0) is 37.1 Å². The molecule has 1 aromatic carbocycles. The van der Waals surface area contributed by atoms with Crippen molar-refractivity contribution in [3.63, 3.8) is 0 Å². The largest absolute Gasteiger partial charge is 0.467 e. The zero-order chi connectivity index (χ0) is 15.6. The second-order valence-electron chi connectivity index (χ2n) is 6.22. The fourth-order valence-corrected chi connectivity index (χ4v) is 3.50. The van der Waals surface area contributed by atoms with Gasteiger partial charge in [-0.25, -0.2) is 0 Å². The fraction of sp³-hybridized carbons (Fsp3) is 0.316. The lowest BCUT2D eigenvalue weighted by molar-refractivity contribution is 0.0644. The molecule has 0 bridgehead atoms. The Morgan fingerprint density at radius 1 is 1.17 bits per heavy atom. The number of carbonyl (C=O) groups excluding carboxylic acids is 1. The van der Waals surface area contributed by atoms with Crippen LogP contribution in [0.1, 0.15) is 41.9 Å². The Bertz CT molecular complexity index is 765. The molecule has 0 radical (unpaired) electrons. The van der Waals surface area contributed by atoms with E-state index in [1.54, 1.807) is 6.26 Å². The third-order valence-electron chi connectivity index (χ3n) is 4.69. The molecule has 4 rings (SSSR count). The molecule has 1 aliphatic rings. The Morgan fingerprint density at radius 3 is 2.74 bits per heavy atom. The van der Waals surface area contributed by atoms with Gasteiger partial charge in [-0.1, -0.05) is 31.0 Å². The number of H-pyrrole nitrogens is 1. The summed E-state index contributed by atoms with van der Waals surface area (Å²) in [5.41, 5.74) is 1.66. The number of benzene rings is 1. The van der Waals surface area contributed by atoms with Gasteiger partial charge in [0.1, 0.15) is 11.5 Å². The van der Waals surface area contributed by atoms with Crippen LogP contribution in [0.15, 0.2) is 53.1 Å². The lowest BCUT2D eigenvalue weighted by Gasteiger charge is -2.27. The van der Waals surface area contributed by atoms with Crippen molar-refractivity contribution in [3.8, 4) is 0 Å². The quantitative estimate of drug-likeness (QED) is 0.779. The van der Waals surface area contributed by atoms with Gasteiger partial charge in [0, 0.05) is 16.9 Å². The number of carbonyl (C=O) groups is 1. The van der Waals surface area contributed by atoms with Gasteiger partial charge in [0.15, 0.2) is 0 Å². The number of rotatable bonds is 4. The molecule has 4 heteroatoms. The van der Waals surface area contributed by atoms with Gasteiger partial charge < -0.3 is 14.3 Å². The Labute approximate surface area is 135 Å². The number of aromatic nitrogens is 1. The zero-order valence-electron chi connectivity index (χ0n) is 13.0. The van der Waals surface area contributed by atoms with E-state index in [4.69, 9.17) is 4.42 Å². The fourth-order valence-electron chi connectivity index (χ4n) is 3.50. The minimum Gasteiger partial charge on any atom is -0.467 e. The summed E-state index contributed by atoms with van der Waals surface area (Å²) in [6.07, 6.45) is 6.20. The Hall–Kier alpha value is -2.49. The maximum atomic E-state index is 13.1. The molecule has 118 valence electrons. The first-order valence-corrected chi connectivity index (χ1v) is 8.22. The SMILES string of the molecule is O=C(c1cc2ccccc2[nH]1)N(Cc1ccco1)C1CCCC1. The van der Waals surface area contributed by atoms with Crippen molar-refractivity contribution in [2.45, 2.75) is 38.3 Å². The average molecular weight is 308 g/mol. The predicted molar refractivity (Wildman–Crippen MR) is 89.1 cm³/mol. The van der Waals surface area contributed by atoms with E-state index in [2.05, 4.69) is 4.98 Å². The van der Waals surface area contributed by atoms with Crippen molar-refractivity contribution in [1.82, 2.24) is 9.88 Å². The number of para-hydroxylation sites is 1. The van der Waals surface area contributed by atoms with Gasteiger partial charge in [-0.3, -0.25) is 4.79 Å². The standard InChI is InChI=1S/C19H20N2O2/c22-19(18-12-14-6-1-4-10-17(14)20-18)21(15-7-2-3-8-15)13-16-9-5-11-23-16/h1,4-6,9-12,15,20H,2-3,7-8,13H2. The predicted octanol–water partition coefficient (Wildman–Crippen LogP) is 4.35. The molecule has 1 fully saturated rings. The molecule has 2 aromatic heterocycles. The Balaban J connectivity index is 1.65. The van der Waals surface area contributed by atoms with Gasteiger partial charge >= 0.3 is 0 Å². The molecule has 2 heterocycles. The number of hydrogen-bond acceptors (Lipinski definition) is 2. The van der Waals surface area contributed by atoms with E-state index in [-0.39, 0.29) is 5.91 Å². The van der Waals surface area contributed by atoms with Gasteiger partial charge in [-0.15, -0.1) is 0 Å². The lowest BCUT2D eigenvalue weighted by Crippen LogP contribution is -2.38. The van der Waals surface area contributed by atoms with Crippen LogP contribution in [0.5, 0.6) is 0 Å². The van der Waals surface area contributed by atoms with Crippen molar-refractivity contribution in [2.24, 2.45) is 0 Å². The molecule has 1 saturated carbocycles. The monoisotopic (exact) mass is 308 g/mol. The highest BCUT2D eigenvalue weighted by Crippen LogP contribution is 2.27. The lowest BCUT2D eigenvalue weighted by atomic mass is 10.2. The second kappa shape index (κ2) is 5.95. The van der Waals surface area contributed by atoms with Crippen LogP contribution in [-0.4, -0.2) is 21.8 Å². The second-order valence-corrected chi connectivity index (χ2v) is 6.22. The van der Waals surface area contributed by atoms with Gasteiger partial charge in [0.2, 0.25) is 0 Å². The molecular formula is C19H20N2O2. The number of nitrogens with zero attached hydrogens (tertiary/aromatic N) is 1. The highest BCUT2D eigenvalue weighted by atomic mass is 16.3. The summed E-state index contributed by atoms with van der Waals surface area (Å²) in [4.78, 5) is 18.3. The summed E-state index contributed by atoms with van der Waals surface area (Å²) in [6, 6.07) is 14.0. The average Bonchev–Trinajstić information content (AvgIpc) is 3.32. The first kappa shape index (κ1) is 14.1. The van der Waals surface area contributed by atoms with Crippen LogP contribution in [0, 0.1) is 0 Å². The molecule has 0 spiro atoms. The van der Waals surface area contributed by atoms with Crippen LogP contribution in [0.4, 0.5) is 0 Å². The zero-order valence-corrected chi connectivity index (χ0v) is 13.0. The molecule has 23 heavy (non-hydrogen) atoms. The first-order chi connectivity index (χ1) is 11.3. The van der Waals surface area contributed by atoms with E-state index in [1.807, 2.05) is 47.4 Å². The number of furan rings is 1. The smallest absolute Gasteiger partial charge is 0.270 e. The van der Waals surface area contributed by atoms with E-state index in [9.17, 15) is 4.79 Å². The number of fused-ring (bicyclic) bond motifs is 1. The minimum absolute atomic E-state index is 0.0597. The Kier molecular flexibility index (Phi) is 3.66. The van der Waals surface area contributed by atoms with Gasteiger partial charge in [0.05, 0.1) is 12.8 Å². The number of hydrogen-bond donors (Lipinski definition) is 1. The highest BCUT2D eigenvalue weighted by Gasteiger charge is 2.29. The van der Waals surface area contributed by atoms with Crippen molar-refractivity contribution in [2.75, 3.05) is 0 Å². The molecule has 0 unspecified atom stereocenters. The first-order valence-electron chi connectivity index (χ1n) is 8.22. The summed E-state index contributed by atoms with van der Waals surface area (Å²) < 4.78 is 5.46. The van der Waals surface area contributed by atoms with Crippen LogP contribution in [-0.2, 0) is 6.54 Å². The molecule has 1 N–H and O–H groups in total. The summed E-state index contributed by atoms with van der Waals surface area (Å²) in [5.74, 6) is 0.894. The van der Waals surface area contributed by atoms with Crippen LogP contribution in [0.2, 0.25) is 0 Å². The van der Waals surface area contributed by atoms with Crippen LogP contribution < -0.4 is 0 Å². The molecule has 0 aliphatic heterocycles. The molecule has 1 amide bonds. The topological polar surface area (TPSA) is 49.2 Å². The van der Waals surface area contributed by atoms with E-state index >= 15 is 0 Å². The third kappa shape index (κ3) is 2.77. The van der Waals surface area contributed by atoms with E-state index in [0.29, 0.717) is 18.3 Å². The number of amides is 1. The number of nitrogens with one attached hydrogen (secondary N) is 1. The van der Waals surface area contributed by atoms with Crippen molar-refractivity contribution < 1.29 is 9.21 Å². The molecular weight excluding hydrogens is 288 g/mol. The van der Waals surface area contributed by atoms with E-state index in [0.717, 1.165) is 29.5 Å². The Morgan fingerprint density at radius 2 is 2.00 bits per heavy atom. The third-order valence-corrected chi connectivity index (χ3v) is 4.69. The number of aromatic amines is 1. The molecule has 4 nitrogen and oxygen atoms in total. The van der Waals surface area contributed by atoms with Gasteiger partial charge in [-0.2, -0.15) is 0 Å². The van der Waals surface area contributed by atoms with E-state index in [1.165, 1.54) is 12.8 Å². The highest BCUT2D eigenvalue weighted by molar-refractivity contribution is 5.98. The van der Waals surface area contributed by atoms with Crippen molar-refractivity contribution >= 4 is 16.8 Å². The van der Waals surface area contributed by atoms with Crippen LogP contribution in [0.3, 0.4) is 0 Å². The summed E-state index contributed by atoms with van der Waals surface area (Å²) in [7, 11) is 0. The van der Waals surface area contributed by atoms with Gasteiger partial charge in [0.25, 0.3) is 5.91 Å². The van der Waals surface area contributed by atoms with Crippen LogP contribution >= 0.6 is 0 Å². The maximum Gasteiger partial charge on any atom is 0.270 e. The molecule has 0 atom stereocenters. The van der Waals surface area contributed by atoms with Crippen LogP contribution in [0.25, 0.3) is 10.9 Å².